The van der Waals surface area contributed by atoms with Gasteiger partial charge in [0.25, 0.3) is 5.91 Å². The number of likely N-dealkylation sites (N-methyl/N-ethyl adjacent to an activating group) is 1. The summed E-state index contributed by atoms with van der Waals surface area (Å²) in [4.78, 5) is 30.9. The van der Waals surface area contributed by atoms with Crippen LogP contribution in [0.25, 0.3) is 22.0 Å². The van der Waals surface area contributed by atoms with Crippen LogP contribution >= 0.6 is 0 Å². The lowest BCUT2D eigenvalue weighted by molar-refractivity contribution is 0.102. The molecular weight excluding hydrogens is 416 g/mol. The molecule has 4 aromatic rings. The van der Waals surface area contributed by atoms with Gasteiger partial charge in [0.15, 0.2) is 0 Å². The first kappa shape index (κ1) is 21.2. The monoisotopic (exact) mass is 442 g/mol. The summed E-state index contributed by atoms with van der Waals surface area (Å²) in [6.45, 7) is 4.82. The number of nitrogens with zero attached hydrogens (tertiary/aromatic N) is 7. The number of carbonyl (C=O) groups excluding carboxylic acids is 1. The minimum absolute atomic E-state index is 0.250. The molecule has 0 radical (unpaired) electrons. The van der Waals surface area contributed by atoms with E-state index in [-0.39, 0.29) is 11.9 Å². The van der Waals surface area contributed by atoms with Gasteiger partial charge in [0.1, 0.15) is 0 Å². The number of aromatic nitrogens is 5. The van der Waals surface area contributed by atoms with Gasteiger partial charge in [-0.3, -0.25) is 24.7 Å². The number of hydrogen-bond donors (Lipinski definition) is 1. The maximum atomic E-state index is 12.9. The van der Waals surface area contributed by atoms with E-state index in [9.17, 15) is 4.79 Å². The first-order valence-electron chi connectivity index (χ1n) is 11.0. The Morgan fingerprint density at radius 1 is 1.00 bits per heavy atom. The molecule has 0 aliphatic carbocycles. The fourth-order valence-electron chi connectivity index (χ4n) is 3.95. The number of fused-ring (bicyclic) bond motifs is 1. The van der Waals surface area contributed by atoms with E-state index in [2.05, 4.69) is 42.2 Å². The summed E-state index contributed by atoms with van der Waals surface area (Å²) in [7, 11) is 4.02. The smallest absolute Gasteiger partial charge is 0.258 e. The minimum atomic E-state index is -0.250. The zero-order chi connectivity index (χ0) is 22.8. The molecule has 1 N–H and O–H groups in total. The van der Waals surface area contributed by atoms with Gasteiger partial charge in [0, 0.05) is 74.9 Å². The Bertz CT molecular complexity index is 1290. The second-order valence-corrected chi connectivity index (χ2v) is 8.44. The first-order chi connectivity index (χ1) is 16.0. The van der Waals surface area contributed by atoms with Gasteiger partial charge < -0.3 is 4.90 Å². The highest BCUT2D eigenvalue weighted by Gasteiger charge is 2.16. The summed E-state index contributed by atoms with van der Waals surface area (Å²) in [5.74, 6) is 0.0214. The van der Waals surface area contributed by atoms with Crippen LogP contribution in [0, 0.1) is 0 Å². The van der Waals surface area contributed by atoms with Crippen molar-refractivity contribution in [3.63, 3.8) is 0 Å². The van der Waals surface area contributed by atoms with Gasteiger partial charge in [-0.15, -0.1) is 0 Å². The van der Waals surface area contributed by atoms with Crippen molar-refractivity contribution in [3.8, 4) is 11.1 Å². The van der Waals surface area contributed by atoms with Crippen molar-refractivity contribution in [2.24, 2.45) is 7.05 Å². The summed E-state index contributed by atoms with van der Waals surface area (Å²) in [5, 5.41) is 7.95. The van der Waals surface area contributed by atoms with Crippen LogP contribution in [0.3, 0.4) is 0 Å². The van der Waals surface area contributed by atoms with Crippen molar-refractivity contribution in [1.29, 1.82) is 0 Å². The SMILES string of the molecule is CN1CCN(Cc2cc(C(=O)Nc3ncc4ccc(-c5cnn(C)c5)cc4n3)ccn2)CC1. The molecule has 4 heterocycles. The molecule has 1 aromatic carbocycles. The Hall–Kier alpha value is -3.69. The summed E-state index contributed by atoms with van der Waals surface area (Å²) in [6, 6.07) is 9.51. The fraction of sp³-hybridized carbons (Fsp3) is 0.292. The second-order valence-electron chi connectivity index (χ2n) is 8.44. The van der Waals surface area contributed by atoms with Crippen molar-refractivity contribution in [1.82, 2.24) is 34.5 Å². The van der Waals surface area contributed by atoms with Crippen molar-refractivity contribution >= 4 is 22.8 Å². The molecule has 1 saturated heterocycles. The Morgan fingerprint density at radius 3 is 2.64 bits per heavy atom. The number of carbonyl (C=O) groups is 1. The number of pyridine rings is 1. The van der Waals surface area contributed by atoms with E-state index in [4.69, 9.17) is 0 Å². The molecule has 0 atom stereocenters. The fourth-order valence-corrected chi connectivity index (χ4v) is 3.95. The third kappa shape index (κ3) is 4.89. The van der Waals surface area contributed by atoms with Crippen LogP contribution in [0.1, 0.15) is 16.1 Å². The van der Waals surface area contributed by atoms with Gasteiger partial charge >= 0.3 is 0 Å². The molecular formula is C24H26N8O. The van der Waals surface area contributed by atoms with Crippen molar-refractivity contribution in [3.05, 3.63) is 66.4 Å². The molecule has 1 aliphatic rings. The van der Waals surface area contributed by atoms with Crippen LogP contribution in [0.15, 0.2) is 55.1 Å². The van der Waals surface area contributed by atoms with Crippen molar-refractivity contribution in [2.45, 2.75) is 6.54 Å². The van der Waals surface area contributed by atoms with E-state index in [1.807, 2.05) is 43.7 Å². The number of piperazine rings is 1. The normalized spacial score (nSPS) is 15.1. The molecule has 168 valence electrons. The summed E-state index contributed by atoms with van der Waals surface area (Å²) < 4.78 is 1.76. The predicted octanol–water partition coefficient (Wildman–Crippen LogP) is 2.42. The number of amides is 1. The Balaban J connectivity index is 1.31. The number of hydrogen-bond acceptors (Lipinski definition) is 7. The van der Waals surface area contributed by atoms with Gasteiger partial charge in [-0.2, -0.15) is 5.10 Å². The lowest BCUT2D eigenvalue weighted by atomic mass is 10.1. The zero-order valence-corrected chi connectivity index (χ0v) is 18.8. The van der Waals surface area contributed by atoms with Crippen LogP contribution < -0.4 is 5.32 Å². The average Bonchev–Trinajstić information content (AvgIpc) is 3.26. The highest BCUT2D eigenvalue weighted by Crippen LogP contribution is 2.23. The maximum Gasteiger partial charge on any atom is 0.258 e. The number of nitrogens with one attached hydrogen (secondary N) is 1. The van der Waals surface area contributed by atoms with Crippen molar-refractivity contribution < 1.29 is 4.79 Å². The number of rotatable bonds is 5. The number of anilines is 1. The molecule has 33 heavy (non-hydrogen) atoms. The predicted molar refractivity (Wildman–Crippen MR) is 127 cm³/mol. The van der Waals surface area contributed by atoms with Crippen LogP contribution in [0.5, 0.6) is 0 Å². The molecule has 0 bridgehead atoms. The van der Waals surface area contributed by atoms with Gasteiger partial charge in [-0.25, -0.2) is 9.97 Å². The quantitative estimate of drug-likeness (QED) is 0.507. The van der Waals surface area contributed by atoms with Crippen LogP contribution in [-0.4, -0.2) is 73.7 Å². The highest BCUT2D eigenvalue weighted by molar-refractivity contribution is 6.03. The van der Waals surface area contributed by atoms with Gasteiger partial charge in [-0.05, 0) is 30.8 Å². The molecule has 0 spiro atoms. The van der Waals surface area contributed by atoms with Crippen LogP contribution in [-0.2, 0) is 13.6 Å². The zero-order valence-electron chi connectivity index (χ0n) is 18.8. The van der Waals surface area contributed by atoms with Crippen LogP contribution in [0.2, 0.25) is 0 Å². The van der Waals surface area contributed by atoms with E-state index in [1.54, 1.807) is 23.1 Å². The summed E-state index contributed by atoms with van der Waals surface area (Å²) >= 11 is 0. The minimum Gasteiger partial charge on any atom is -0.304 e. The molecule has 9 nitrogen and oxygen atoms in total. The lowest BCUT2D eigenvalue weighted by Gasteiger charge is -2.32. The summed E-state index contributed by atoms with van der Waals surface area (Å²) in [6.07, 6.45) is 7.17. The van der Waals surface area contributed by atoms with E-state index >= 15 is 0 Å². The molecule has 5 rings (SSSR count). The second kappa shape index (κ2) is 9.05. The van der Waals surface area contributed by atoms with E-state index in [0.29, 0.717) is 5.56 Å². The molecule has 0 saturated carbocycles. The maximum absolute atomic E-state index is 12.9. The van der Waals surface area contributed by atoms with Gasteiger partial charge in [-0.1, -0.05) is 12.1 Å². The van der Waals surface area contributed by atoms with Gasteiger partial charge in [0.05, 0.1) is 17.4 Å². The molecule has 1 aliphatic heterocycles. The molecule has 3 aromatic heterocycles. The van der Waals surface area contributed by atoms with E-state index in [0.717, 1.165) is 60.4 Å². The lowest BCUT2D eigenvalue weighted by Crippen LogP contribution is -2.44. The van der Waals surface area contributed by atoms with E-state index < -0.39 is 0 Å². The average molecular weight is 443 g/mol. The number of benzene rings is 1. The summed E-state index contributed by atoms with van der Waals surface area (Å²) in [5.41, 5.74) is 4.20. The Kier molecular flexibility index (Phi) is 5.80. The standard InChI is InChI=1S/C24H26N8O/c1-30-7-9-32(10-8-30)16-21-11-18(5-6-25-21)23(33)29-24-26-13-19-4-3-17(12-22(19)28-24)20-14-27-31(2)15-20/h3-6,11-15H,7-10,16H2,1-2H3,(H,26,28,29,33). The Morgan fingerprint density at radius 2 is 1.85 bits per heavy atom. The molecule has 1 fully saturated rings. The third-order valence-corrected chi connectivity index (χ3v) is 5.91. The topological polar surface area (TPSA) is 92.1 Å². The van der Waals surface area contributed by atoms with E-state index in [1.165, 1.54) is 0 Å². The highest BCUT2D eigenvalue weighted by atomic mass is 16.1. The van der Waals surface area contributed by atoms with Crippen LogP contribution in [0.4, 0.5) is 5.95 Å². The molecule has 1 amide bonds. The Labute approximate surface area is 192 Å². The number of aryl methyl sites for hydroxylation is 1. The largest absolute Gasteiger partial charge is 0.304 e. The third-order valence-electron chi connectivity index (χ3n) is 5.91. The first-order valence-corrected chi connectivity index (χ1v) is 11.0. The van der Waals surface area contributed by atoms with Gasteiger partial charge in [0.2, 0.25) is 5.95 Å². The molecule has 0 unspecified atom stereocenters. The van der Waals surface area contributed by atoms with Crippen molar-refractivity contribution in [2.75, 3.05) is 38.5 Å². The molecule has 9 heteroatoms.